The lowest BCUT2D eigenvalue weighted by Crippen LogP contribution is -2.55. The maximum atomic E-state index is 14.1. The summed E-state index contributed by atoms with van der Waals surface area (Å²) in [5.74, 6) is -3.83. The molecule has 4 amide bonds. The number of carbonyl (C=O) groups excluding carboxylic acids is 2. The zero-order chi connectivity index (χ0) is 27.9. The largest absolute Gasteiger partial charge is 0.478 e. The van der Waals surface area contributed by atoms with Crippen molar-refractivity contribution in [3.8, 4) is 0 Å². The number of urea groups is 2. The van der Waals surface area contributed by atoms with E-state index in [1.54, 1.807) is 0 Å². The summed E-state index contributed by atoms with van der Waals surface area (Å²) in [7, 11) is 1.31. The summed E-state index contributed by atoms with van der Waals surface area (Å²) >= 11 is 0. The molecule has 2 aromatic rings. The van der Waals surface area contributed by atoms with Gasteiger partial charge in [0, 0.05) is 45.0 Å². The van der Waals surface area contributed by atoms with Gasteiger partial charge in [-0.05, 0) is 42.7 Å². The number of methoxy groups -OCH3 is 1. The molecule has 0 bridgehead atoms. The van der Waals surface area contributed by atoms with Crippen LogP contribution >= 0.6 is 0 Å². The van der Waals surface area contributed by atoms with Gasteiger partial charge in [0.1, 0.15) is 6.04 Å². The van der Waals surface area contributed by atoms with Crippen molar-refractivity contribution in [1.82, 2.24) is 20.9 Å². The normalized spacial score (nSPS) is 18.2. The molecule has 0 radical (unpaired) electrons. The van der Waals surface area contributed by atoms with Gasteiger partial charge in [0.25, 0.3) is 0 Å². The second-order valence-corrected chi connectivity index (χ2v) is 9.29. The Morgan fingerprint density at radius 3 is 2.44 bits per heavy atom. The first-order chi connectivity index (χ1) is 18.8. The number of hydrogen-bond donors (Lipinski definition) is 4. The highest BCUT2D eigenvalue weighted by atomic mass is 19.2. The molecule has 0 unspecified atom stereocenters. The number of carboxylic acids is 1. The number of para-hydroxylation sites is 1. The highest BCUT2D eigenvalue weighted by Gasteiger charge is 2.42. The Kier molecular flexibility index (Phi) is 9.10. The zero-order valence-corrected chi connectivity index (χ0v) is 21.5. The molecule has 10 nitrogen and oxygen atoms in total. The lowest BCUT2D eigenvalue weighted by Gasteiger charge is -2.36. The van der Waals surface area contributed by atoms with E-state index in [-0.39, 0.29) is 36.0 Å². The van der Waals surface area contributed by atoms with E-state index in [4.69, 9.17) is 4.74 Å². The molecule has 2 aliphatic rings. The lowest BCUT2D eigenvalue weighted by molar-refractivity contribution is -0.133. The number of amides is 4. The molecule has 208 valence electrons. The number of hydrogen-bond acceptors (Lipinski definition) is 6. The Morgan fingerprint density at radius 2 is 1.79 bits per heavy atom. The number of piperidine rings is 1. The van der Waals surface area contributed by atoms with E-state index < -0.39 is 35.7 Å². The fraction of sp³-hybridized carbons (Fsp3) is 0.370. The van der Waals surface area contributed by atoms with Crippen LogP contribution in [0.5, 0.6) is 0 Å². The van der Waals surface area contributed by atoms with Gasteiger partial charge in [-0.2, -0.15) is 0 Å². The number of nitrogens with one attached hydrogen (secondary N) is 3. The lowest BCUT2D eigenvalue weighted by atomic mass is 9.93. The van der Waals surface area contributed by atoms with Crippen LogP contribution in [0, 0.1) is 11.6 Å². The highest BCUT2D eigenvalue weighted by Crippen LogP contribution is 2.34. The summed E-state index contributed by atoms with van der Waals surface area (Å²) in [5.41, 5.74) is 0.633. The molecule has 4 N–H and O–H groups in total. The third-order valence-electron chi connectivity index (χ3n) is 6.78. The first kappa shape index (κ1) is 28.0. The molecule has 2 heterocycles. The minimum Gasteiger partial charge on any atom is -0.478 e. The quantitative estimate of drug-likeness (QED) is 0.359. The zero-order valence-electron chi connectivity index (χ0n) is 21.5. The molecular weight excluding hydrogens is 512 g/mol. The first-order valence-corrected chi connectivity index (χ1v) is 12.6. The average Bonchev–Trinajstić information content (AvgIpc) is 2.93. The van der Waals surface area contributed by atoms with Gasteiger partial charge in [-0.3, -0.25) is 0 Å². The summed E-state index contributed by atoms with van der Waals surface area (Å²) in [6.45, 7) is 2.10. The summed E-state index contributed by atoms with van der Waals surface area (Å²) < 4.78 is 32.7. The molecule has 0 aliphatic carbocycles. The number of benzene rings is 2. The van der Waals surface area contributed by atoms with Gasteiger partial charge in [0.05, 0.1) is 17.9 Å². The third-order valence-corrected chi connectivity index (χ3v) is 6.78. The number of ether oxygens (including phenoxy) is 1. The van der Waals surface area contributed by atoms with Crippen LogP contribution in [-0.4, -0.2) is 74.0 Å². The molecule has 1 fully saturated rings. The molecule has 1 saturated heterocycles. The number of anilines is 1. The molecular formula is C27H31F2N5O5. The number of halogens is 2. The Hall–Kier alpha value is -4.03. The van der Waals surface area contributed by atoms with E-state index in [1.165, 1.54) is 12.8 Å². The fourth-order valence-electron chi connectivity index (χ4n) is 4.89. The van der Waals surface area contributed by atoms with Crippen molar-refractivity contribution in [2.45, 2.75) is 24.9 Å². The van der Waals surface area contributed by atoms with E-state index in [0.29, 0.717) is 11.4 Å². The number of carbonyl (C=O) groups is 3. The van der Waals surface area contributed by atoms with E-state index in [0.717, 1.165) is 44.1 Å². The second kappa shape index (κ2) is 12.7. The third kappa shape index (κ3) is 6.52. The highest BCUT2D eigenvalue weighted by molar-refractivity contribution is 6.01. The first-order valence-electron chi connectivity index (χ1n) is 12.6. The van der Waals surface area contributed by atoms with Crippen molar-refractivity contribution in [2.24, 2.45) is 0 Å². The van der Waals surface area contributed by atoms with Crippen LogP contribution in [-0.2, 0) is 9.53 Å². The van der Waals surface area contributed by atoms with Crippen LogP contribution < -0.4 is 20.9 Å². The van der Waals surface area contributed by atoms with Crippen LogP contribution in [0.25, 0.3) is 0 Å². The molecule has 1 atom stereocenters. The van der Waals surface area contributed by atoms with Gasteiger partial charge >= 0.3 is 18.0 Å². The van der Waals surface area contributed by atoms with Crippen molar-refractivity contribution in [1.29, 1.82) is 0 Å². The minimum absolute atomic E-state index is 0.0757. The van der Waals surface area contributed by atoms with Gasteiger partial charge in [0.2, 0.25) is 0 Å². The number of carboxylic acid groups (broad SMARTS) is 1. The van der Waals surface area contributed by atoms with Gasteiger partial charge in [-0.1, -0.05) is 24.3 Å². The Bertz CT molecular complexity index is 1230. The van der Waals surface area contributed by atoms with Gasteiger partial charge in [-0.25, -0.2) is 28.1 Å². The molecule has 0 aromatic heterocycles. The van der Waals surface area contributed by atoms with E-state index in [9.17, 15) is 28.3 Å². The topological polar surface area (TPSA) is 123 Å². The van der Waals surface area contributed by atoms with Crippen LogP contribution in [0.3, 0.4) is 0 Å². The molecule has 2 aromatic carbocycles. The average molecular weight is 544 g/mol. The van der Waals surface area contributed by atoms with Crippen molar-refractivity contribution < 1.29 is 33.0 Å². The monoisotopic (exact) mass is 543 g/mol. The summed E-state index contributed by atoms with van der Waals surface area (Å²) in [5, 5.41) is 18.3. The van der Waals surface area contributed by atoms with Gasteiger partial charge in [-0.15, -0.1) is 0 Å². The predicted octanol–water partition coefficient (Wildman–Crippen LogP) is 2.98. The number of rotatable bonds is 9. The number of nitrogens with zero attached hydrogens (tertiary/aromatic N) is 2. The van der Waals surface area contributed by atoms with E-state index in [2.05, 4.69) is 33.0 Å². The second-order valence-electron chi connectivity index (χ2n) is 9.29. The van der Waals surface area contributed by atoms with Crippen LogP contribution in [0.2, 0.25) is 0 Å². The maximum absolute atomic E-state index is 14.1. The van der Waals surface area contributed by atoms with Gasteiger partial charge in [0.15, 0.2) is 11.6 Å². The smallest absolute Gasteiger partial charge is 0.335 e. The summed E-state index contributed by atoms with van der Waals surface area (Å²) in [6.07, 6.45) is 1.84. The summed E-state index contributed by atoms with van der Waals surface area (Å²) in [4.78, 5) is 41.2. The summed E-state index contributed by atoms with van der Waals surface area (Å²) in [6, 6.07) is 9.85. The number of aliphatic carboxylic acids is 1. The van der Waals surface area contributed by atoms with Crippen LogP contribution in [0.15, 0.2) is 59.8 Å². The molecule has 12 heteroatoms. The minimum atomic E-state index is -1.51. The Labute approximate surface area is 224 Å². The van der Waals surface area contributed by atoms with Crippen molar-refractivity contribution in [2.75, 3.05) is 44.8 Å². The Balaban J connectivity index is 1.40. The van der Waals surface area contributed by atoms with Crippen LogP contribution in [0.4, 0.5) is 24.1 Å². The standard InChI is InChI=1S/C27H31F2N5O5/c1-39-16-22-23(25(35)36)24(17-7-8-20(28)21(29)15-17)34(27(38)32-22)26(37)31-12-11-30-18-9-13-33(14-10-18)19-5-3-2-4-6-19/h2-8,15,18,24,30H,9-14,16H2,1H3,(H,31,37)(H,32,38)(H,35,36)/t24-/m0/s1. The SMILES string of the molecule is COCC1=C(C(=O)O)[C@H](c2ccc(F)c(F)c2)N(C(=O)NCCNC2CCN(c3ccccc3)CC2)C(=O)N1. The van der Waals surface area contributed by atoms with Crippen molar-refractivity contribution >= 4 is 23.7 Å². The Morgan fingerprint density at radius 1 is 1.08 bits per heavy atom. The maximum Gasteiger partial charge on any atom is 0.335 e. The molecule has 0 saturated carbocycles. The molecule has 2 aliphatic heterocycles. The molecule has 39 heavy (non-hydrogen) atoms. The molecule has 4 rings (SSSR count). The van der Waals surface area contributed by atoms with Crippen LogP contribution in [0.1, 0.15) is 24.4 Å². The van der Waals surface area contributed by atoms with E-state index >= 15 is 0 Å². The number of imide groups is 1. The fourth-order valence-corrected chi connectivity index (χ4v) is 4.89. The molecule has 0 spiro atoms. The van der Waals surface area contributed by atoms with Crippen molar-refractivity contribution in [3.05, 3.63) is 77.0 Å². The predicted molar refractivity (Wildman–Crippen MR) is 139 cm³/mol. The van der Waals surface area contributed by atoms with Crippen molar-refractivity contribution in [3.63, 3.8) is 0 Å². The van der Waals surface area contributed by atoms with Gasteiger partial charge < -0.3 is 30.7 Å². The van der Waals surface area contributed by atoms with E-state index in [1.807, 2.05) is 18.2 Å².